The van der Waals surface area contributed by atoms with Gasteiger partial charge in [0.15, 0.2) is 0 Å². The average molecular weight is 458 g/mol. The summed E-state index contributed by atoms with van der Waals surface area (Å²) in [6, 6.07) is 17.5. The second kappa shape index (κ2) is 8.92. The van der Waals surface area contributed by atoms with Crippen LogP contribution >= 0.6 is 27.7 Å². The van der Waals surface area contributed by atoms with E-state index in [4.69, 9.17) is 4.42 Å². The molecule has 0 bridgehead atoms. The third-order valence-electron chi connectivity index (χ3n) is 4.69. The van der Waals surface area contributed by atoms with Crippen LogP contribution in [0.5, 0.6) is 0 Å². The number of halogens is 1. The van der Waals surface area contributed by atoms with E-state index in [0.717, 1.165) is 41.5 Å². The van der Waals surface area contributed by atoms with E-state index in [1.165, 1.54) is 18.2 Å². The highest BCUT2D eigenvalue weighted by Gasteiger charge is 2.29. The molecule has 2 heterocycles. The van der Waals surface area contributed by atoms with Crippen molar-refractivity contribution < 1.29 is 9.21 Å². The van der Waals surface area contributed by atoms with Crippen molar-refractivity contribution in [3.8, 4) is 11.5 Å². The minimum absolute atomic E-state index is 0.109. The van der Waals surface area contributed by atoms with Crippen molar-refractivity contribution in [3.63, 3.8) is 0 Å². The third kappa shape index (κ3) is 4.47. The molecule has 1 saturated heterocycles. The fourth-order valence-electron chi connectivity index (χ4n) is 3.27. The third-order valence-corrected chi connectivity index (χ3v) is 6.26. The standard InChI is InChI=1S/C21H20BrN3O2S/c22-17-11-7-10-16(14-17)19-23-24-21(27-19)28-18(15-8-3-1-4-9-15)20(26)25-12-5-2-6-13-25/h1,3-4,7-11,14,18H,2,5-6,12-13H2/t18-/m0/s1. The number of hydrogen-bond donors (Lipinski definition) is 0. The molecule has 1 fully saturated rings. The highest BCUT2D eigenvalue weighted by atomic mass is 79.9. The highest BCUT2D eigenvalue weighted by molar-refractivity contribution is 9.10. The summed E-state index contributed by atoms with van der Waals surface area (Å²) in [6.45, 7) is 1.63. The molecule has 0 N–H and O–H groups in total. The first kappa shape index (κ1) is 19.2. The molecule has 1 amide bonds. The van der Waals surface area contributed by atoms with Crippen molar-refractivity contribution in [2.45, 2.75) is 29.7 Å². The average Bonchev–Trinajstić information content (AvgIpc) is 3.22. The zero-order chi connectivity index (χ0) is 19.3. The molecule has 0 unspecified atom stereocenters. The summed E-state index contributed by atoms with van der Waals surface area (Å²) in [7, 11) is 0. The molecule has 2 aromatic carbocycles. The van der Waals surface area contributed by atoms with E-state index in [2.05, 4.69) is 26.1 Å². The van der Waals surface area contributed by atoms with E-state index in [1.807, 2.05) is 59.5 Å². The zero-order valence-corrected chi connectivity index (χ0v) is 17.7. The van der Waals surface area contributed by atoms with Crippen molar-refractivity contribution in [3.05, 3.63) is 64.6 Å². The van der Waals surface area contributed by atoms with Crippen molar-refractivity contribution >= 4 is 33.6 Å². The molecular weight excluding hydrogens is 438 g/mol. The lowest BCUT2D eigenvalue weighted by Crippen LogP contribution is -2.38. The van der Waals surface area contributed by atoms with Crippen LogP contribution in [-0.4, -0.2) is 34.1 Å². The number of nitrogens with zero attached hydrogens (tertiary/aromatic N) is 3. The Morgan fingerprint density at radius 1 is 1.04 bits per heavy atom. The van der Waals surface area contributed by atoms with Crippen LogP contribution in [0.15, 0.2) is 68.7 Å². The van der Waals surface area contributed by atoms with E-state index in [0.29, 0.717) is 11.1 Å². The summed E-state index contributed by atoms with van der Waals surface area (Å²) in [6.07, 6.45) is 3.31. The van der Waals surface area contributed by atoms with Gasteiger partial charge in [0.2, 0.25) is 11.8 Å². The van der Waals surface area contributed by atoms with Crippen molar-refractivity contribution in [1.29, 1.82) is 0 Å². The maximum Gasteiger partial charge on any atom is 0.277 e. The second-order valence-corrected chi connectivity index (χ2v) is 8.65. The summed E-state index contributed by atoms with van der Waals surface area (Å²) >= 11 is 4.78. The number of amides is 1. The van der Waals surface area contributed by atoms with E-state index in [-0.39, 0.29) is 5.91 Å². The lowest BCUT2D eigenvalue weighted by Gasteiger charge is -2.29. The number of carbonyl (C=O) groups is 1. The van der Waals surface area contributed by atoms with Crippen LogP contribution in [0.4, 0.5) is 0 Å². The Morgan fingerprint density at radius 2 is 1.82 bits per heavy atom. The molecule has 0 radical (unpaired) electrons. The normalized spacial score (nSPS) is 15.4. The fourth-order valence-corrected chi connectivity index (χ4v) is 4.62. The quantitative estimate of drug-likeness (QED) is 0.483. The Hall–Kier alpha value is -2.12. The molecule has 0 spiro atoms. The van der Waals surface area contributed by atoms with Gasteiger partial charge in [-0.3, -0.25) is 4.79 Å². The molecular formula is C21H20BrN3O2S. The Labute approximate surface area is 176 Å². The molecule has 144 valence electrons. The fraction of sp³-hybridized carbons (Fsp3) is 0.286. The molecule has 3 aromatic rings. The van der Waals surface area contributed by atoms with Gasteiger partial charge in [0.25, 0.3) is 5.22 Å². The molecule has 0 aliphatic carbocycles. The van der Waals surface area contributed by atoms with Gasteiger partial charge >= 0.3 is 0 Å². The minimum Gasteiger partial charge on any atom is -0.411 e. The molecule has 5 nitrogen and oxygen atoms in total. The number of aromatic nitrogens is 2. The van der Waals surface area contributed by atoms with Crippen LogP contribution in [0, 0.1) is 0 Å². The number of piperidine rings is 1. The molecule has 28 heavy (non-hydrogen) atoms. The lowest BCUT2D eigenvalue weighted by molar-refractivity contribution is -0.131. The van der Waals surface area contributed by atoms with Crippen LogP contribution in [-0.2, 0) is 4.79 Å². The first-order valence-corrected chi connectivity index (χ1v) is 11.0. The minimum atomic E-state index is -0.393. The first-order chi connectivity index (χ1) is 13.7. The van der Waals surface area contributed by atoms with Crippen LogP contribution in [0.3, 0.4) is 0 Å². The van der Waals surface area contributed by atoms with Crippen LogP contribution in [0.25, 0.3) is 11.5 Å². The summed E-state index contributed by atoms with van der Waals surface area (Å²) in [5, 5.41) is 8.34. The maximum absolute atomic E-state index is 13.2. The van der Waals surface area contributed by atoms with Crippen molar-refractivity contribution in [1.82, 2.24) is 15.1 Å². The largest absolute Gasteiger partial charge is 0.411 e. The van der Waals surface area contributed by atoms with Gasteiger partial charge < -0.3 is 9.32 Å². The summed E-state index contributed by atoms with van der Waals surface area (Å²) in [4.78, 5) is 15.2. The Bertz CT molecular complexity index is 942. The predicted octanol–water partition coefficient (Wildman–Crippen LogP) is 5.35. The topological polar surface area (TPSA) is 59.2 Å². The van der Waals surface area contributed by atoms with Gasteiger partial charge in [-0.1, -0.05) is 52.3 Å². The van der Waals surface area contributed by atoms with Gasteiger partial charge in [-0.2, -0.15) is 0 Å². The molecule has 1 aromatic heterocycles. The number of hydrogen-bond acceptors (Lipinski definition) is 5. The Kier molecular flexibility index (Phi) is 6.12. The molecule has 0 saturated carbocycles. The monoisotopic (exact) mass is 457 g/mol. The van der Waals surface area contributed by atoms with Gasteiger partial charge in [0.05, 0.1) is 0 Å². The van der Waals surface area contributed by atoms with Crippen LogP contribution in [0.1, 0.15) is 30.1 Å². The first-order valence-electron chi connectivity index (χ1n) is 9.30. The predicted molar refractivity (Wildman–Crippen MR) is 113 cm³/mol. The molecule has 1 aliphatic heterocycles. The van der Waals surface area contributed by atoms with E-state index in [1.54, 1.807) is 0 Å². The van der Waals surface area contributed by atoms with Crippen LogP contribution in [0.2, 0.25) is 0 Å². The van der Waals surface area contributed by atoms with Gasteiger partial charge in [0.1, 0.15) is 5.25 Å². The zero-order valence-electron chi connectivity index (χ0n) is 15.3. The Morgan fingerprint density at radius 3 is 2.57 bits per heavy atom. The van der Waals surface area contributed by atoms with Gasteiger partial charge in [0, 0.05) is 23.1 Å². The van der Waals surface area contributed by atoms with Gasteiger partial charge in [-0.05, 0) is 54.8 Å². The molecule has 4 rings (SSSR count). The SMILES string of the molecule is O=C([C@@H](Sc1nnc(-c2cccc(Br)c2)o1)c1ccccc1)N1CCCCC1. The van der Waals surface area contributed by atoms with E-state index in [9.17, 15) is 4.79 Å². The lowest BCUT2D eigenvalue weighted by atomic mass is 10.1. The molecule has 1 atom stereocenters. The van der Waals surface area contributed by atoms with Gasteiger partial charge in [-0.15, -0.1) is 10.2 Å². The number of benzene rings is 2. The van der Waals surface area contributed by atoms with Crippen molar-refractivity contribution in [2.24, 2.45) is 0 Å². The van der Waals surface area contributed by atoms with E-state index >= 15 is 0 Å². The molecule has 7 heteroatoms. The van der Waals surface area contributed by atoms with E-state index < -0.39 is 5.25 Å². The smallest absolute Gasteiger partial charge is 0.277 e. The summed E-state index contributed by atoms with van der Waals surface area (Å²) in [5.74, 6) is 0.555. The number of thioether (sulfide) groups is 1. The summed E-state index contributed by atoms with van der Waals surface area (Å²) < 4.78 is 6.81. The highest BCUT2D eigenvalue weighted by Crippen LogP contribution is 2.37. The van der Waals surface area contributed by atoms with Crippen molar-refractivity contribution in [2.75, 3.05) is 13.1 Å². The van der Waals surface area contributed by atoms with Crippen LogP contribution < -0.4 is 0 Å². The summed E-state index contributed by atoms with van der Waals surface area (Å²) in [5.41, 5.74) is 1.79. The second-order valence-electron chi connectivity index (χ2n) is 6.68. The number of carbonyl (C=O) groups excluding carboxylic acids is 1. The number of likely N-dealkylation sites (tertiary alicyclic amines) is 1. The number of rotatable bonds is 5. The Balaban J connectivity index is 1.58. The maximum atomic E-state index is 13.2. The molecule has 1 aliphatic rings. The van der Waals surface area contributed by atoms with Gasteiger partial charge in [-0.25, -0.2) is 0 Å².